The Labute approximate surface area is 206 Å². The molecule has 0 saturated carbocycles. The number of carbonyl (C=O) groups excluding carboxylic acids is 3. The Bertz CT molecular complexity index is 1230. The molecular formula is C25H26N4O5S. The third kappa shape index (κ3) is 8.42. The van der Waals surface area contributed by atoms with Crippen LogP contribution in [0.5, 0.6) is 0 Å². The molecule has 182 valence electrons. The molecule has 10 heteroatoms. The molecule has 3 rings (SSSR count). The first-order valence-electron chi connectivity index (χ1n) is 11.0. The van der Waals surface area contributed by atoms with Gasteiger partial charge in [-0.2, -0.15) is 0 Å². The van der Waals surface area contributed by atoms with E-state index in [0.717, 1.165) is 17.3 Å². The van der Waals surface area contributed by atoms with Gasteiger partial charge in [-0.05, 0) is 31.0 Å². The van der Waals surface area contributed by atoms with Crippen molar-refractivity contribution in [3.05, 3.63) is 87.8 Å². The SMILES string of the molecule is CCOC(=O)c1ccccc1NC(=O)CSc1nc(CC(=O)NCCc2ccccc2)cc(=O)[nH]1. The summed E-state index contributed by atoms with van der Waals surface area (Å²) in [6, 6.07) is 17.6. The van der Waals surface area contributed by atoms with E-state index >= 15 is 0 Å². The van der Waals surface area contributed by atoms with Gasteiger partial charge in [-0.15, -0.1) is 0 Å². The number of nitrogens with zero attached hydrogens (tertiary/aromatic N) is 1. The van der Waals surface area contributed by atoms with Gasteiger partial charge in [0.25, 0.3) is 5.56 Å². The lowest BCUT2D eigenvalue weighted by atomic mass is 10.1. The lowest BCUT2D eigenvalue weighted by Gasteiger charge is -2.10. The molecule has 0 spiro atoms. The summed E-state index contributed by atoms with van der Waals surface area (Å²) in [5, 5.41) is 5.71. The molecule has 1 heterocycles. The maximum absolute atomic E-state index is 12.4. The van der Waals surface area contributed by atoms with Crippen molar-refractivity contribution in [3.8, 4) is 0 Å². The number of amides is 2. The van der Waals surface area contributed by atoms with E-state index in [1.807, 2.05) is 30.3 Å². The van der Waals surface area contributed by atoms with Gasteiger partial charge in [-0.25, -0.2) is 9.78 Å². The van der Waals surface area contributed by atoms with Gasteiger partial charge in [0, 0.05) is 12.6 Å². The lowest BCUT2D eigenvalue weighted by molar-refractivity contribution is -0.120. The number of aromatic amines is 1. The minimum absolute atomic E-state index is 0.0502. The first-order valence-corrected chi connectivity index (χ1v) is 12.0. The molecule has 9 nitrogen and oxygen atoms in total. The van der Waals surface area contributed by atoms with Crippen LogP contribution in [-0.4, -0.2) is 46.7 Å². The second kappa shape index (κ2) is 13.1. The number of rotatable bonds is 11. The number of thioether (sulfide) groups is 1. The highest BCUT2D eigenvalue weighted by Gasteiger charge is 2.15. The summed E-state index contributed by atoms with van der Waals surface area (Å²) >= 11 is 1.02. The Morgan fingerprint density at radius 2 is 1.77 bits per heavy atom. The predicted molar refractivity (Wildman–Crippen MR) is 133 cm³/mol. The first kappa shape index (κ1) is 25.7. The number of esters is 1. The predicted octanol–water partition coefficient (Wildman–Crippen LogP) is 2.58. The molecule has 0 aliphatic heterocycles. The van der Waals surface area contributed by atoms with Gasteiger partial charge >= 0.3 is 5.97 Å². The van der Waals surface area contributed by atoms with Crippen LogP contribution in [0.15, 0.2) is 70.6 Å². The van der Waals surface area contributed by atoms with Crippen LogP contribution in [0.4, 0.5) is 5.69 Å². The molecule has 35 heavy (non-hydrogen) atoms. The fraction of sp³-hybridized carbons (Fsp3) is 0.240. The molecule has 0 radical (unpaired) electrons. The van der Waals surface area contributed by atoms with Gasteiger partial charge in [0.1, 0.15) is 0 Å². The largest absolute Gasteiger partial charge is 0.462 e. The van der Waals surface area contributed by atoms with E-state index in [-0.39, 0.29) is 35.4 Å². The molecule has 3 aromatic rings. The van der Waals surface area contributed by atoms with Crippen molar-refractivity contribution in [1.29, 1.82) is 0 Å². The molecular weight excluding hydrogens is 468 g/mol. The van der Waals surface area contributed by atoms with E-state index in [1.54, 1.807) is 31.2 Å². The number of ether oxygens (including phenoxy) is 1. The monoisotopic (exact) mass is 494 g/mol. The van der Waals surface area contributed by atoms with E-state index in [2.05, 4.69) is 20.6 Å². The van der Waals surface area contributed by atoms with Crippen LogP contribution in [0.2, 0.25) is 0 Å². The molecule has 0 unspecified atom stereocenters. The van der Waals surface area contributed by atoms with Crippen LogP contribution in [0.1, 0.15) is 28.5 Å². The number of benzene rings is 2. The number of hydrogen-bond acceptors (Lipinski definition) is 7. The summed E-state index contributed by atoms with van der Waals surface area (Å²) < 4.78 is 5.01. The Balaban J connectivity index is 1.53. The Morgan fingerprint density at radius 3 is 2.54 bits per heavy atom. The van der Waals surface area contributed by atoms with Crippen molar-refractivity contribution in [2.24, 2.45) is 0 Å². The zero-order valence-electron chi connectivity index (χ0n) is 19.2. The Hall–Kier alpha value is -3.92. The van der Waals surface area contributed by atoms with Crippen LogP contribution >= 0.6 is 11.8 Å². The Kier molecular flexibility index (Phi) is 9.61. The minimum atomic E-state index is -0.531. The van der Waals surface area contributed by atoms with Crippen LogP contribution in [0, 0.1) is 0 Å². The van der Waals surface area contributed by atoms with E-state index in [9.17, 15) is 19.2 Å². The van der Waals surface area contributed by atoms with Gasteiger partial charge < -0.3 is 20.4 Å². The molecule has 0 bridgehead atoms. The van der Waals surface area contributed by atoms with Crippen molar-refractivity contribution in [2.75, 3.05) is 24.2 Å². The fourth-order valence-electron chi connectivity index (χ4n) is 3.16. The van der Waals surface area contributed by atoms with Crippen LogP contribution in [0.25, 0.3) is 0 Å². The van der Waals surface area contributed by atoms with Gasteiger partial charge in [0.05, 0.1) is 35.7 Å². The van der Waals surface area contributed by atoms with E-state index in [1.165, 1.54) is 6.07 Å². The average molecular weight is 495 g/mol. The molecule has 2 aromatic carbocycles. The number of carbonyl (C=O) groups is 3. The minimum Gasteiger partial charge on any atom is -0.462 e. The fourth-order valence-corrected chi connectivity index (χ4v) is 3.85. The summed E-state index contributed by atoms with van der Waals surface area (Å²) in [6.07, 6.45) is 0.649. The highest BCUT2D eigenvalue weighted by atomic mass is 32.2. The van der Waals surface area contributed by atoms with E-state index in [0.29, 0.717) is 24.3 Å². The smallest absolute Gasteiger partial charge is 0.340 e. The third-order valence-electron chi connectivity index (χ3n) is 4.73. The molecule has 2 amide bonds. The van der Waals surface area contributed by atoms with Gasteiger partial charge in [0.2, 0.25) is 11.8 Å². The maximum Gasteiger partial charge on any atom is 0.340 e. The second-order valence-electron chi connectivity index (χ2n) is 7.41. The van der Waals surface area contributed by atoms with Crippen molar-refractivity contribution in [3.63, 3.8) is 0 Å². The summed E-state index contributed by atoms with van der Waals surface area (Å²) in [5.74, 6) is -1.23. The number of anilines is 1. The van der Waals surface area contributed by atoms with Crippen molar-refractivity contribution in [1.82, 2.24) is 15.3 Å². The second-order valence-corrected chi connectivity index (χ2v) is 8.37. The number of hydrogen-bond donors (Lipinski definition) is 3. The maximum atomic E-state index is 12.4. The van der Waals surface area contributed by atoms with Crippen molar-refractivity contribution >= 4 is 35.2 Å². The number of nitrogens with one attached hydrogen (secondary N) is 3. The topological polar surface area (TPSA) is 130 Å². The number of para-hydroxylation sites is 1. The Morgan fingerprint density at radius 1 is 1.03 bits per heavy atom. The molecule has 0 aliphatic rings. The van der Waals surface area contributed by atoms with Gasteiger partial charge in [-0.3, -0.25) is 14.4 Å². The van der Waals surface area contributed by atoms with Gasteiger partial charge in [0.15, 0.2) is 5.16 Å². The number of aromatic nitrogens is 2. The van der Waals surface area contributed by atoms with Crippen LogP contribution in [0.3, 0.4) is 0 Å². The number of H-pyrrole nitrogens is 1. The summed E-state index contributed by atoms with van der Waals surface area (Å²) in [5.41, 5.74) is 1.59. The zero-order valence-corrected chi connectivity index (χ0v) is 20.0. The first-order chi connectivity index (χ1) is 16.9. The van der Waals surface area contributed by atoms with Crippen LogP contribution < -0.4 is 16.2 Å². The molecule has 0 saturated heterocycles. The average Bonchev–Trinajstić information content (AvgIpc) is 2.83. The molecule has 0 fully saturated rings. The van der Waals surface area contributed by atoms with Crippen LogP contribution in [-0.2, 0) is 27.2 Å². The van der Waals surface area contributed by atoms with Crippen molar-refractivity contribution in [2.45, 2.75) is 24.9 Å². The van der Waals surface area contributed by atoms with E-state index < -0.39 is 17.4 Å². The molecule has 3 N–H and O–H groups in total. The van der Waals surface area contributed by atoms with E-state index in [4.69, 9.17) is 4.74 Å². The quantitative estimate of drug-likeness (QED) is 0.212. The highest BCUT2D eigenvalue weighted by Crippen LogP contribution is 2.18. The van der Waals surface area contributed by atoms with Gasteiger partial charge in [-0.1, -0.05) is 54.2 Å². The summed E-state index contributed by atoms with van der Waals surface area (Å²) in [4.78, 5) is 55.6. The molecule has 0 atom stereocenters. The van der Waals surface area contributed by atoms with Crippen molar-refractivity contribution < 1.29 is 19.1 Å². The zero-order chi connectivity index (χ0) is 25.0. The highest BCUT2D eigenvalue weighted by molar-refractivity contribution is 7.99. The molecule has 0 aliphatic carbocycles. The lowest BCUT2D eigenvalue weighted by Crippen LogP contribution is -2.28. The molecule has 1 aromatic heterocycles. The standard InChI is InChI=1S/C25H26N4O5S/c1-2-34-24(33)19-10-6-7-11-20(19)28-23(32)16-35-25-27-18(15-22(31)29-25)14-21(30)26-13-12-17-8-4-3-5-9-17/h3-11,15H,2,12-14,16H2,1H3,(H,26,30)(H,28,32)(H,27,29,31). The normalized spacial score (nSPS) is 10.4. The summed E-state index contributed by atoms with van der Waals surface area (Å²) in [7, 11) is 0. The third-order valence-corrected chi connectivity index (χ3v) is 5.60. The summed E-state index contributed by atoms with van der Waals surface area (Å²) in [6.45, 7) is 2.39.